The minimum Gasteiger partial charge on any atom is -0.493 e. The number of hydrogen-bond donors (Lipinski definition) is 3. The number of ether oxygens (including phenoxy) is 2. The number of fused-ring (bicyclic) bond motifs is 1. The van der Waals surface area contributed by atoms with Crippen molar-refractivity contribution in [1.29, 1.82) is 0 Å². The largest absolute Gasteiger partial charge is 0.493 e. The summed E-state index contributed by atoms with van der Waals surface area (Å²) in [5.74, 6) is 0.428. The lowest BCUT2D eigenvalue weighted by molar-refractivity contribution is -0.122. The van der Waals surface area contributed by atoms with Crippen LogP contribution in [0.2, 0.25) is 0 Å². The zero-order valence-corrected chi connectivity index (χ0v) is 19.6. The van der Waals surface area contributed by atoms with Gasteiger partial charge < -0.3 is 25.8 Å². The molecular weight excluding hydrogens is 430 g/mol. The van der Waals surface area contributed by atoms with Gasteiger partial charge in [0.15, 0.2) is 11.5 Å². The third kappa shape index (κ3) is 4.08. The fourth-order valence-electron chi connectivity index (χ4n) is 3.89. The first-order valence-corrected chi connectivity index (χ1v) is 10.8. The molecule has 1 aliphatic heterocycles. The van der Waals surface area contributed by atoms with Crippen LogP contribution in [0.15, 0.2) is 66.7 Å². The Morgan fingerprint density at radius 2 is 1.56 bits per heavy atom. The van der Waals surface area contributed by atoms with Crippen molar-refractivity contribution in [3.05, 3.63) is 83.4 Å². The molecule has 7 heteroatoms. The second-order valence-corrected chi connectivity index (χ2v) is 8.51. The highest BCUT2D eigenvalue weighted by molar-refractivity contribution is 6.37. The predicted octanol–water partition coefficient (Wildman–Crippen LogP) is 4.40. The van der Waals surface area contributed by atoms with Gasteiger partial charge in [-0.3, -0.25) is 9.59 Å². The number of anilines is 2. The van der Waals surface area contributed by atoms with Crippen LogP contribution in [0.1, 0.15) is 30.5 Å². The number of carbonyl (C=O) groups excluding carboxylic acids is 2. The first-order valence-electron chi connectivity index (χ1n) is 10.8. The van der Waals surface area contributed by atoms with Gasteiger partial charge in [-0.1, -0.05) is 42.5 Å². The summed E-state index contributed by atoms with van der Waals surface area (Å²) < 4.78 is 10.9. The summed E-state index contributed by atoms with van der Waals surface area (Å²) >= 11 is 0. The fourth-order valence-corrected chi connectivity index (χ4v) is 3.89. The number of methoxy groups -OCH3 is 2. The van der Waals surface area contributed by atoms with Crippen LogP contribution >= 0.6 is 0 Å². The average molecular weight is 458 g/mol. The lowest BCUT2D eigenvalue weighted by Crippen LogP contribution is -2.35. The first-order chi connectivity index (χ1) is 16.3. The monoisotopic (exact) mass is 457 g/mol. The quantitative estimate of drug-likeness (QED) is 0.457. The van der Waals surface area contributed by atoms with E-state index in [9.17, 15) is 9.59 Å². The molecule has 0 aromatic heterocycles. The Balaban J connectivity index is 1.83. The number of nitrogens with one attached hydrogen (secondary N) is 2. The third-order valence-corrected chi connectivity index (χ3v) is 6.07. The van der Waals surface area contributed by atoms with E-state index in [1.807, 2.05) is 54.6 Å². The van der Waals surface area contributed by atoms with E-state index in [1.165, 1.54) is 0 Å². The summed E-state index contributed by atoms with van der Waals surface area (Å²) in [4.78, 5) is 25.0. The standard InChI is InChI=1S/C27H27N3O4/c1-27(2,26(28)32)17-10-12-18(13-11-17)29-24(16-8-6-5-7-9-16)23-19-14-21(33-3)22(34-4)15-20(19)30-25(23)31/h5-15,29H,1-4H3,(H2,28,32)(H,30,31)/b24-23-. The minimum absolute atomic E-state index is 0.233. The molecule has 4 N–H and O–H groups in total. The molecule has 3 aromatic rings. The lowest BCUT2D eigenvalue weighted by Gasteiger charge is -2.22. The average Bonchev–Trinajstić information content (AvgIpc) is 3.16. The van der Waals surface area contributed by atoms with Crippen molar-refractivity contribution >= 4 is 34.5 Å². The van der Waals surface area contributed by atoms with Crippen molar-refractivity contribution in [3.63, 3.8) is 0 Å². The van der Waals surface area contributed by atoms with Gasteiger partial charge in [0.2, 0.25) is 5.91 Å². The Kier molecular flexibility index (Phi) is 6.03. The molecule has 174 valence electrons. The third-order valence-electron chi connectivity index (χ3n) is 6.07. The molecule has 1 heterocycles. The lowest BCUT2D eigenvalue weighted by atomic mass is 9.84. The topological polar surface area (TPSA) is 103 Å². The zero-order valence-electron chi connectivity index (χ0n) is 19.6. The van der Waals surface area contributed by atoms with Gasteiger partial charge >= 0.3 is 0 Å². The maximum atomic E-state index is 13.2. The number of benzene rings is 3. The second-order valence-electron chi connectivity index (χ2n) is 8.51. The van der Waals surface area contributed by atoms with Crippen molar-refractivity contribution in [2.75, 3.05) is 24.9 Å². The molecule has 0 saturated carbocycles. The predicted molar refractivity (Wildman–Crippen MR) is 134 cm³/mol. The maximum absolute atomic E-state index is 13.2. The molecule has 0 saturated heterocycles. The first kappa shape index (κ1) is 22.9. The molecule has 0 unspecified atom stereocenters. The van der Waals surface area contributed by atoms with Gasteiger partial charge in [0, 0.05) is 17.3 Å². The Morgan fingerprint density at radius 3 is 2.15 bits per heavy atom. The Morgan fingerprint density at radius 1 is 0.941 bits per heavy atom. The van der Waals surface area contributed by atoms with Crippen molar-refractivity contribution < 1.29 is 19.1 Å². The number of hydrogen-bond acceptors (Lipinski definition) is 5. The van der Waals surface area contributed by atoms with E-state index in [4.69, 9.17) is 15.2 Å². The van der Waals surface area contributed by atoms with Crippen LogP contribution in [0.4, 0.5) is 11.4 Å². The molecule has 0 bridgehead atoms. The molecule has 0 aliphatic carbocycles. The van der Waals surface area contributed by atoms with E-state index >= 15 is 0 Å². The highest BCUT2D eigenvalue weighted by Gasteiger charge is 2.31. The molecule has 34 heavy (non-hydrogen) atoms. The summed E-state index contributed by atoms with van der Waals surface area (Å²) in [6, 6.07) is 20.6. The van der Waals surface area contributed by atoms with E-state index in [0.717, 1.165) is 16.8 Å². The van der Waals surface area contributed by atoms with Gasteiger partial charge in [-0.25, -0.2) is 0 Å². The Bertz CT molecular complexity index is 1280. The van der Waals surface area contributed by atoms with Gasteiger partial charge in [-0.05, 0) is 43.2 Å². The Labute approximate surface area is 198 Å². The molecule has 4 rings (SSSR count). The number of carbonyl (C=O) groups is 2. The molecule has 0 fully saturated rings. The maximum Gasteiger partial charge on any atom is 0.258 e. The molecule has 0 spiro atoms. The molecule has 0 radical (unpaired) electrons. The van der Waals surface area contributed by atoms with E-state index in [-0.39, 0.29) is 5.91 Å². The van der Waals surface area contributed by atoms with Crippen molar-refractivity contribution in [3.8, 4) is 11.5 Å². The van der Waals surface area contributed by atoms with E-state index in [1.54, 1.807) is 40.2 Å². The Hall–Kier alpha value is -4.26. The van der Waals surface area contributed by atoms with Crippen LogP contribution in [0.3, 0.4) is 0 Å². The second kappa shape index (κ2) is 8.94. The zero-order chi connectivity index (χ0) is 24.5. The molecule has 3 aromatic carbocycles. The van der Waals surface area contributed by atoms with E-state index < -0.39 is 11.3 Å². The minimum atomic E-state index is -0.793. The smallest absolute Gasteiger partial charge is 0.258 e. The SMILES string of the molecule is COc1cc2c(cc1OC)/C(=C(/Nc1ccc(C(C)(C)C(N)=O)cc1)c1ccccc1)C(=O)N2. The van der Waals surface area contributed by atoms with Crippen molar-refractivity contribution in [2.45, 2.75) is 19.3 Å². The fraction of sp³-hybridized carbons (Fsp3) is 0.185. The van der Waals surface area contributed by atoms with Gasteiger partial charge in [0.25, 0.3) is 5.91 Å². The summed E-state index contributed by atoms with van der Waals surface area (Å²) in [6.45, 7) is 3.58. The van der Waals surface area contributed by atoms with Crippen LogP contribution in [0.5, 0.6) is 11.5 Å². The number of primary amides is 1. The van der Waals surface area contributed by atoms with Crippen molar-refractivity contribution in [1.82, 2.24) is 0 Å². The van der Waals surface area contributed by atoms with E-state index in [0.29, 0.717) is 34.0 Å². The van der Waals surface area contributed by atoms with E-state index in [2.05, 4.69) is 10.6 Å². The molecule has 7 nitrogen and oxygen atoms in total. The highest BCUT2D eigenvalue weighted by Crippen LogP contribution is 2.43. The van der Waals surface area contributed by atoms with Crippen LogP contribution in [-0.4, -0.2) is 26.0 Å². The summed E-state index contributed by atoms with van der Waals surface area (Å²) in [5.41, 5.74) is 9.67. The van der Waals surface area contributed by atoms with Gasteiger partial charge in [-0.2, -0.15) is 0 Å². The van der Waals surface area contributed by atoms with Gasteiger partial charge in [0.1, 0.15) is 0 Å². The molecule has 0 atom stereocenters. The van der Waals surface area contributed by atoms with Crippen molar-refractivity contribution in [2.24, 2.45) is 5.73 Å². The summed E-state index contributed by atoms with van der Waals surface area (Å²) in [6.07, 6.45) is 0. The highest BCUT2D eigenvalue weighted by atomic mass is 16.5. The van der Waals surface area contributed by atoms with Crippen LogP contribution < -0.4 is 25.8 Å². The number of nitrogens with two attached hydrogens (primary N) is 1. The van der Waals surface area contributed by atoms with Crippen LogP contribution in [0.25, 0.3) is 11.3 Å². The number of rotatable bonds is 7. The summed E-state index contributed by atoms with van der Waals surface area (Å²) in [5, 5.41) is 6.34. The normalized spacial score (nSPS) is 14.2. The van der Waals surface area contributed by atoms with Crippen LogP contribution in [0, 0.1) is 0 Å². The van der Waals surface area contributed by atoms with Gasteiger partial charge in [-0.15, -0.1) is 0 Å². The molecule has 1 aliphatic rings. The number of amides is 2. The summed E-state index contributed by atoms with van der Waals surface area (Å²) in [7, 11) is 3.11. The van der Waals surface area contributed by atoms with Crippen LogP contribution in [-0.2, 0) is 15.0 Å². The van der Waals surface area contributed by atoms with Gasteiger partial charge in [0.05, 0.1) is 36.6 Å². The molecule has 2 amide bonds. The molecular formula is C27H27N3O4.